The van der Waals surface area contributed by atoms with E-state index in [1.165, 1.54) is 0 Å². The Morgan fingerprint density at radius 3 is 2.38 bits per heavy atom. The van der Waals surface area contributed by atoms with Crippen LogP contribution in [0, 0.1) is 12.8 Å². The van der Waals surface area contributed by atoms with E-state index in [0.29, 0.717) is 16.4 Å². The van der Waals surface area contributed by atoms with Crippen LogP contribution in [0.25, 0.3) is 0 Å². The molecule has 126 valence electrons. The van der Waals surface area contributed by atoms with Crippen LogP contribution in [0.1, 0.15) is 29.8 Å². The van der Waals surface area contributed by atoms with Crippen molar-refractivity contribution in [3.63, 3.8) is 0 Å². The van der Waals surface area contributed by atoms with Crippen LogP contribution in [0.4, 0.5) is 5.82 Å². The number of hydrogen-bond acceptors (Lipinski definition) is 3. The van der Waals surface area contributed by atoms with Gasteiger partial charge in [0.15, 0.2) is 0 Å². The van der Waals surface area contributed by atoms with E-state index in [1.807, 2.05) is 26.8 Å². The molecule has 6 heteroatoms. The van der Waals surface area contributed by atoms with Crippen molar-refractivity contribution in [2.45, 2.75) is 26.8 Å². The number of carbonyl (C=O) groups is 2. The van der Waals surface area contributed by atoms with Crippen molar-refractivity contribution in [2.24, 2.45) is 5.92 Å². The number of halogens is 1. The number of amides is 2. The fraction of sp³-hybridized carbons (Fsp3) is 0.278. The highest BCUT2D eigenvalue weighted by Crippen LogP contribution is 2.12. The SMILES string of the molecule is Cc1ccnc(NC(=O)[C@@H](NC(=O)c2ccc(Cl)cc2)C(C)C)c1. The molecule has 0 bridgehead atoms. The van der Waals surface area contributed by atoms with Gasteiger partial charge in [-0.1, -0.05) is 25.4 Å². The number of nitrogens with one attached hydrogen (secondary N) is 2. The molecule has 0 aliphatic heterocycles. The second-order valence-corrected chi connectivity index (χ2v) is 6.35. The third-order valence-corrected chi connectivity index (χ3v) is 3.76. The van der Waals surface area contributed by atoms with Crippen LogP contribution in [0.15, 0.2) is 42.6 Å². The maximum absolute atomic E-state index is 12.5. The molecule has 2 rings (SSSR count). The van der Waals surface area contributed by atoms with Gasteiger partial charge in [-0.3, -0.25) is 9.59 Å². The molecule has 24 heavy (non-hydrogen) atoms. The summed E-state index contributed by atoms with van der Waals surface area (Å²) < 4.78 is 0. The third-order valence-electron chi connectivity index (χ3n) is 3.51. The molecule has 1 aromatic heterocycles. The monoisotopic (exact) mass is 345 g/mol. The zero-order valence-electron chi connectivity index (χ0n) is 13.8. The number of nitrogens with zero attached hydrogens (tertiary/aromatic N) is 1. The van der Waals surface area contributed by atoms with Crippen molar-refractivity contribution in [3.8, 4) is 0 Å². The van der Waals surface area contributed by atoms with Crippen LogP contribution in [0.3, 0.4) is 0 Å². The Morgan fingerprint density at radius 2 is 1.79 bits per heavy atom. The lowest BCUT2D eigenvalue weighted by Crippen LogP contribution is -2.47. The standard InChI is InChI=1S/C18H20ClN3O2/c1-11(2)16(18(24)21-15-10-12(3)8-9-20-15)22-17(23)13-4-6-14(19)7-5-13/h4-11,16H,1-3H3,(H,22,23)(H,20,21,24)/t16-/m0/s1. The van der Waals surface area contributed by atoms with E-state index in [-0.39, 0.29) is 17.7 Å². The quantitative estimate of drug-likeness (QED) is 0.872. The molecular formula is C18H20ClN3O2. The summed E-state index contributed by atoms with van der Waals surface area (Å²) in [5, 5.41) is 6.06. The summed E-state index contributed by atoms with van der Waals surface area (Å²) in [6.07, 6.45) is 1.63. The highest BCUT2D eigenvalue weighted by molar-refractivity contribution is 6.30. The van der Waals surface area contributed by atoms with E-state index < -0.39 is 6.04 Å². The number of pyridine rings is 1. The average molecular weight is 346 g/mol. The van der Waals surface area contributed by atoms with Gasteiger partial charge in [0.25, 0.3) is 5.91 Å². The molecule has 0 radical (unpaired) electrons. The molecule has 0 spiro atoms. The maximum atomic E-state index is 12.5. The Hall–Kier alpha value is -2.40. The molecule has 2 amide bonds. The minimum Gasteiger partial charge on any atom is -0.340 e. The van der Waals surface area contributed by atoms with Crippen LogP contribution in [0.2, 0.25) is 5.02 Å². The van der Waals surface area contributed by atoms with Crippen LogP contribution < -0.4 is 10.6 Å². The topological polar surface area (TPSA) is 71.1 Å². The summed E-state index contributed by atoms with van der Waals surface area (Å²) in [5.74, 6) is -0.236. The van der Waals surface area contributed by atoms with Crippen LogP contribution in [-0.2, 0) is 4.79 Å². The second kappa shape index (κ2) is 7.93. The number of hydrogen-bond donors (Lipinski definition) is 2. The van der Waals surface area contributed by atoms with Crippen LogP contribution >= 0.6 is 11.6 Å². The molecule has 2 aromatic rings. The Morgan fingerprint density at radius 1 is 1.12 bits per heavy atom. The fourth-order valence-corrected chi connectivity index (χ4v) is 2.30. The van der Waals surface area contributed by atoms with Gasteiger partial charge in [-0.15, -0.1) is 0 Å². The normalized spacial score (nSPS) is 11.9. The van der Waals surface area contributed by atoms with Gasteiger partial charge in [0.1, 0.15) is 11.9 Å². The molecular weight excluding hydrogens is 326 g/mol. The van der Waals surface area contributed by atoms with Crippen molar-refractivity contribution in [2.75, 3.05) is 5.32 Å². The van der Waals surface area contributed by atoms with Gasteiger partial charge in [0, 0.05) is 16.8 Å². The predicted molar refractivity (Wildman–Crippen MR) is 95.1 cm³/mol. The Balaban J connectivity index is 2.09. The first kappa shape index (κ1) is 17.9. The minimum atomic E-state index is -0.671. The summed E-state index contributed by atoms with van der Waals surface area (Å²) in [7, 11) is 0. The molecule has 2 N–H and O–H groups in total. The van der Waals surface area contributed by atoms with Crippen molar-refractivity contribution >= 4 is 29.2 Å². The van der Waals surface area contributed by atoms with Gasteiger partial charge in [0.2, 0.25) is 5.91 Å². The van der Waals surface area contributed by atoms with E-state index in [9.17, 15) is 9.59 Å². The Bertz CT molecular complexity index is 729. The zero-order valence-corrected chi connectivity index (χ0v) is 14.6. The maximum Gasteiger partial charge on any atom is 0.251 e. The number of rotatable bonds is 5. The van der Waals surface area contributed by atoms with Gasteiger partial charge >= 0.3 is 0 Å². The molecule has 0 aliphatic rings. The average Bonchev–Trinajstić information content (AvgIpc) is 2.52. The molecule has 0 fully saturated rings. The number of aryl methyl sites for hydroxylation is 1. The molecule has 0 saturated carbocycles. The Labute approximate surface area is 146 Å². The van der Waals surface area contributed by atoms with Gasteiger partial charge in [-0.05, 0) is 54.8 Å². The highest BCUT2D eigenvalue weighted by atomic mass is 35.5. The first-order chi connectivity index (χ1) is 11.4. The Kier molecular flexibility index (Phi) is 5.93. The molecule has 5 nitrogen and oxygen atoms in total. The van der Waals surface area contributed by atoms with Gasteiger partial charge < -0.3 is 10.6 Å². The molecule has 1 atom stereocenters. The van der Waals surface area contributed by atoms with Gasteiger partial charge in [0.05, 0.1) is 0 Å². The summed E-state index contributed by atoms with van der Waals surface area (Å²) in [4.78, 5) is 28.9. The predicted octanol–water partition coefficient (Wildman–Crippen LogP) is 3.44. The lowest BCUT2D eigenvalue weighted by molar-refractivity contribution is -0.118. The molecule has 1 heterocycles. The minimum absolute atomic E-state index is 0.0777. The van der Waals surface area contributed by atoms with Gasteiger partial charge in [-0.25, -0.2) is 4.98 Å². The number of anilines is 1. The summed E-state index contributed by atoms with van der Waals surface area (Å²) >= 11 is 5.82. The molecule has 0 saturated heterocycles. The highest BCUT2D eigenvalue weighted by Gasteiger charge is 2.25. The van der Waals surface area contributed by atoms with Crippen molar-refractivity contribution in [1.82, 2.24) is 10.3 Å². The van der Waals surface area contributed by atoms with Crippen molar-refractivity contribution in [3.05, 3.63) is 58.7 Å². The number of carbonyl (C=O) groups excluding carboxylic acids is 2. The lowest BCUT2D eigenvalue weighted by Gasteiger charge is -2.21. The fourth-order valence-electron chi connectivity index (χ4n) is 2.17. The zero-order chi connectivity index (χ0) is 17.7. The largest absolute Gasteiger partial charge is 0.340 e. The molecule has 1 aromatic carbocycles. The van der Waals surface area contributed by atoms with E-state index in [4.69, 9.17) is 11.6 Å². The number of aromatic nitrogens is 1. The van der Waals surface area contributed by atoms with Crippen molar-refractivity contribution < 1.29 is 9.59 Å². The summed E-state index contributed by atoms with van der Waals surface area (Å²) in [6.45, 7) is 5.66. The third kappa shape index (κ3) is 4.80. The number of benzene rings is 1. The van der Waals surface area contributed by atoms with E-state index in [1.54, 1.807) is 36.5 Å². The molecule has 0 aliphatic carbocycles. The van der Waals surface area contributed by atoms with E-state index >= 15 is 0 Å². The lowest BCUT2D eigenvalue weighted by atomic mass is 10.0. The first-order valence-electron chi connectivity index (χ1n) is 7.67. The van der Waals surface area contributed by atoms with Crippen LogP contribution in [-0.4, -0.2) is 22.8 Å². The van der Waals surface area contributed by atoms with Crippen LogP contribution in [0.5, 0.6) is 0 Å². The van der Waals surface area contributed by atoms with E-state index in [2.05, 4.69) is 15.6 Å². The second-order valence-electron chi connectivity index (χ2n) is 5.91. The molecule has 0 unspecified atom stereocenters. The first-order valence-corrected chi connectivity index (χ1v) is 8.04. The van der Waals surface area contributed by atoms with E-state index in [0.717, 1.165) is 5.56 Å². The smallest absolute Gasteiger partial charge is 0.251 e. The summed E-state index contributed by atoms with van der Waals surface area (Å²) in [5.41, 5.74) is 1.44. The summed E-state index contributed by atoms with van der Waals surface area (Å²) in [6, 6.07) is 9.46. The van der Waals surface area contributed by atoms with Crippen molar-refractivity contribution in [1.29, 1.82) is 0 Å². The van der Waals surface area contributed by atoms with Gasteiger partial charge in [-0.2, -0.15) is 0 Å².